The van der Waals surface area contributed by atoms with E-state index in [1.807, 2.05) is 36.4 Å². The van der Waals surface area contributed by atoms with Gasteiger partial charge in [0.05, 0.1) is 11.3 Å². The van der Waals surface area contributed by atoms with Gasteiger partial charge >= 0.3 is 0 Å². The molecule has 126 valence electrons. The molecule has 2 aromatic heterocycles. The Labute approximate surface area is 147 Å². The van der Waals surface area contributed by atoms with Crippen molar-refractivity contribution in [1.29, 1.82) is 0 Å². The number of benzene rings is 1. The van der Waals surface area contributed by atoms with Crippen LogP contribution in [0.4, 0.5) is 11.4 Å². The van der Waals surface area contributed by atoms with Crippen molar-refractivity contribution in [3.05, 3.63) is 83.9 Å². The molecule has 0 radical (unpaired) electrons. The van der Waals surface area contributed by atoms with Gasteiger partial charge in [-0.3, -0.25) is 14.8 Å². The zero-order chi connectivity index (χ0) is 17.5. The smallest absolute Gasteiger partial charge is 0.257 e. The molecule has 0 aliphatic carbocycles. The number of pyridine rings is 2. The van der Waals surface area contributed by atoms with Gasteiger partial charge in [-0.05, 0) is 35.7 Å². The number of nitrogens with zero attached hydrogens (tertiary/aromatic N) is 2. The molecular weight excluding hydrogens is 312 g/mol. The van der Waals surface area contributed by atoms with Crippen molar-refractivity contribution in [2.75, 3.05) is 10.6 Å². The highest BCUT2D eigenvalue weighted by Crippen LogP contribution is 2.17. The molecule has 0 aliphatic rings. The Hall–Kier alpha value is -3.21. The molecule has 0 spiro atoms. The molecule has 25 heavy (non-hydrogen) atoms. The van der Waals surface area contributed by atoms with Crippen molar-refractivity contribution in [2.45, 2.75) is 19.9 Å². The second kappa shape index (κ2) is 8.06. The number of hydrogen-bond donors (Lipinski definition) is 2. The Morgan fingerprint density at radius 2 is 1.92 bits per heavy atom. The maximum absolute atomic E-state index is 12.5. The van der Waals surface area contributed by atoms with Crippen molar-refractivity contribution in [3.8, 4) is 0 Å². The first-order valence-electron chi connectivity index (χ1n) is 8.23. The molecule has 0 atom stereocenters. The van der Waals surface area contributed by atoms with Crippen molar-refractivity contribution < 1.29 is 4.79 Å². The molecule has 3 rings (SSSR count). The van der Waals surface area contributed by atoms with E-state index in [4.69, 9.17) is 0 Å². The Morgan fingerprint density at radius 1 is 1.04 bits per heavy atom. The van der Waals surface area contributed by atoms with Crippen molar-refractivity contribution in [3.63, 3.8) is 0 Å². The largest absolute Gasteiger partial charge is 0.380 e. The molecule has 0 saturated carbocycles. The van der Waals surface area contributed by atoms with Crippen LogP contribution in [0.25, 0.3) is 0 Å². The molecule has 0 saturated heterocycles. The summed E-state index contributed by atoms with van der Waals surface area (Å²) in [5.74, 6) is -0.168. The van der Waals surface area contributed by atoms with Gasteiger partial charge in [-0.15, -0.1) is 0 Å². The van der Waals surface area contributed by atoms with Crippen LogP contribution in [-0.2, 0) is 13.0 Å². The Kier molecular flexibility index (Phi) is 5.36. The van der Waals surface area contributed by atoms with Gasteiger partial charge in [-0.25, -0.2) is 0 Å². The molecule has 1 amide bonds. The minimum absolute atomic E-state index is 0.168. The number of nitrogens with one attached hydrogen (secondary N) is 2. The molecule has 0 bridgehead atoms. The van der Waals surface area contributed by atoms with E-state index in [0.29, 0.717) is 12.1 Å². The van der Waals surface area contributed by atoms with Crippen LogP contribution >= 0.6 is 0 Å². The SMILES string of the molecule is CCc1ccccc1NC(=O)c1cncc(NCc2cccnc2)c1. The fourth-order valence-electron chi connectivity index (χ4n) is 2.51. The quantitative estimate of drug-likeness (QED) is 0.718. The number of aryl methyl sites for hydroxylation is 1. The maximum atomic E-state index is 12.5. The second-order valence-corrected chi connectivity index (χ2v) is 5.64. The second-order valence-electron chi connectivity index (χ2n) is 5.64. The molecule has 0 unspecified atom stereocenters. The summed E-state index contributed by atoms with van der Waals surface area (Å²) < 4.78 is 0. The summed E-state index contributed by atoms with van der Waals surface area (Å²) in [7, 11) is 0. The van der Waals surface area contributed by atoms with Gasteiger partial charge in [0.25, 0.3) is 5.91 Å². The fourth-order valence-corrected chi connectivity index (χ4v) is 2.51. The highest BCUT2D eigenvalue weighted by Gasteiger charge is 2.09. The van der Waals surface area contributed by atoms with Gasteiger partial charge in [0, 0.05) is 37.0 Å². The van der Waals surface area contributed by atoms with Crippen LogP contribution < -0.4 is 10.6 Å². The lowest BCUT2D eigenvalue weighted by Gasteiger charge is -2.11. The summed E-state index contributed by atoms with van der Waals surface area (Å²) in [5.41, 5.74) is 4.31. The molecule has 2 N–H and O–H groups in total. The highest BCUT2D eigenvalue weighted by atomic mass is 16.1. The van der Waals surface area contributed by atoms with Crippen LogP contribution in [0.15, 0.2) is 67.3 Å². The van der Waals surface area contributed by atoms with Crippen molar-refractivity contribution in [1.82, 2.24) is 9.97 Å². The Balaban J connectivity index is 1.69. The third-order valence-electron chi connectivity index (χ3n) is 3.87. The van der Waals surface area contributed by atoms with Crippen molar-refractivity contribution in [2.24, 2.45) is 0 Å². The van der Waals surface area contributed by atoms with E-state index in [2.05, 4.69) is 27.5 Å². The van der Waals surface area contributed by atoms with E-state index in [9.17, 15) is 4.79 Å². The van der Waals surface area contributed by atoms with Crippen molar-refractivity contribution >= 4 is 17.3 Å². The van der Waals surface area contributed by atoms with Crippen LogP contribution in [-0.4, -0.2) is 15.9 Å². The number of aromatic nitrogens is 2. The van der Waals surface area contributed by atoms with Gasteiger partial charge < -0.3 is 10.6 Å². The number of amides is 1. The number of rotatable bonds is 6. The van der Waals surface area contributed by atoms with E-state index in [-0.39, 0.29) is 5.91 Å². The Bertz CT molecular complexity index is 849. The molecule has 2 heterocycles. The highest BCUT2D eigenvalue weighted by molar-refractivity contribution is 6.04. The number of carbonyl (C=O) groups is 1. The van der Waals surface area contributed by atoms with Gasteiger partial charge in [0.15, 0.2) is 0 Å². The topological polar surface area (TPSA) is 66.9 Å². The van der Waals surface area contributed by atoms with Crippen LogP contribution in [0.1, 0.15) is 28.4 Å². The van der Waals surface area contributed by atoms with Gasteiger partial charge in [-0.1, -0.05) is 31.2 Å². The molecule has 0 aliphatic heterocycles. The summed E-state index contributed by atoms with van der Waals surface area (Å²) in [4.78, 5) is 20.8. The molecule has 0 fully saturated rings. The molecule has 5 nitrogen and oxygen atoms in total. The van der Waals surface area contributed by atoms with Gasteiger partial charge in [0.1, 0.15) is 0 Å². The summed E-state index contributed by atoms with van der Waals surface area (Å²) in [6.07, 6.45) is 7.68. The van der Waals surface area contributed by atoms with E-state index >= 15 is 0 Å². The van der Waals surface area contributed by atoms with E-state index in [1.54, 1.807) is 30.9 Å². The minimum Gasteiger partial charge on any atom is -0.380 e. The molecule has 3 aromatic rings. The third-order valence-corrected chi connectivity index (χ3v) is 3.87. The van der Waals surface area contributed by atoms with E-state index in [1.165, 1.54) is 0 Å². The van der Waals surface area contributed by atoms with E-state index in [0.717, 1.165) is 28.9 Å². The summed E-state index contributed by atoms with van der Waals surface area (Å²) in [6.45, 7) is 2.69. The first-order valence-corrected chi connectivity index (χ1v) is 8.23. The molecule has 1 aromatic carbocycles. The first-order chi connectivity index (χ1) is 12.3. The minimum atomic E-state index is -0.168. The summed E-state index contributed by atoms with van der Waals surface area (Å²) in [6, 6.07) is 13.5. The van der Waals surface area contributed by atoms with Gasteiger partial charge in [-0.2, -0.15) is 0 Å². The standard InChI is InChI=1S/C20H20N4O/c1-2-16-7-3-4-8-19(16)24-20(25)17-10-18(14-22-13-17)23-12-15-6-5-9-21-11-15/h3-11,13-14,23H,2,12H2,1H3,(H,24,25). The monoisotopic (exact) mass is 332 g/mol. The fraction of sp³-hybridized carbons (Fsp3) is 0.150. The Morgan fingerprint density at radius 3 is 2.72 bits per heavy atom. The number of carbonyl (C=O) groups excluding carboxylic acids is 1. The lowest BCUT2D eigenvalue weighted by molar-refractivity contribution is 0.102. The number of hydrogen-bond acceptors (Lipinski definition) is 4. The van der Waals surface area contributed by atoms with Crippen LogP contribution in [0, 0.1) is 0 Å². The predicted octanol–water partition coefficient (Wildman–Crippen LogP) is 3.90. The van der Waals surface area contributed by atoms with Crippen LogP contribution in [0.3, 0.4) is 0 Å². The van der Waals surface area contributed by atoms with Crippen LogP contribution in [0.2, 0.25) is 0 Å². The normalized spacial score (nSPS) is 10.3. The molecule has 5 heteroatoms. The average molecular weight is 332 g/mol. The molecular formula is C20H20N4O. The maximum Gasteiger partial charge on any atom is 0.257 e. The predicted molar refractivity (Wildman–Crippen MR) is 99.6 cm³/mol. The van der Waals surface area contributed by atoms with Crippen LogP contribution in [0.5, 0.6) is 0 Å². The van der Waals surface area contributed by atoms with Gasteiger partial charge in [0.2, 0.25) is 0 Å². The van der Waals surface area contributed by atoms with E-state index < -0.39 is 0 Å². The summed E-state index contributed by atoms with van der Waals surface area (Å²) >= 11 is 0. The zero-order valence-electron chi connectivity index (χ0n) is 14.1. The lowest BCUT2D eigenvalue weighted by Crippen LogP contribution is -2.14. The third kappa shape index (κ3) is 4.41. The lowest BCUT2D eigenvalue weighted by atomic mass is 10.1. The first kappa shape index (κ1) is 16.6. The number of anilines is 2. The zero-order valence-corrected chi connectivity index (χ0v) is 14.1. The number of para-hydroxylation sites is 1. The average Bonchev–Trinajstić information content (AvgIpc) is 2.68. The summed E-state index contributed by atoms with van der Waals surface area (Å²) in [5, 5.41) is 6.22.